The zero-order valence-corrected chi connectivity index (χ0v) is 8.17. The number of hydrogen-bond acceptors (Lipinski definition) is 3. The van der Waals surface area contributed by atoms with E-state index in [9.17, 15) is 4.79 Å². The maximum Gasteiger partial charge on any atom is 0.153 e. The molecule has 5 heteroatoms. The van der Waals surface area contributed by atoms with Crippen LogP contribution in [-0.4, -0.2) is 19.4 Å². The molecule has 78 valence electrons. The Kier molecular flexibility index (Phi) is 4.77. The SMILES string of the molecule is [N-]=[N+]=NCCCOc1ccccc1C=O. The molecule has 1 aromatic carbocycles. The Balaban J connectivity index is 2.42. The minimum absolute atomic E-state index is 0.403. The van der Waals surface area contributed by atoms with E-state index in [1.807, 2.05) is 0 Å². The van der Waals surface area contributed by atoms with E-state index in [1.54, 1.807) is 24.3 Å². The van der Waals surface area contributed by atoms with Crippen molar-refractivity contribution in [3.05, 3.63) is 40.3 Å². The molecule has 1 aromatic rings. The number of nitrogens with zero attached hydrogens (tertiary/aromatic N) is 3. The van der Waals surface area contributed by atoms with E-state index < -0.39 is 0 Å². The quantitative estimate of drug-likeness (QED) is 0.235. The molecule has 0 heterocycles. The first-order valence-electron chi connectivity index (χ1n) is 4.56. The third kappa shape index (κ3) is 3.70. The summed E-state index contributed by atoms with van der Waals surface area (Å²) in [4.78, 5) is 13.2. The highest BCUT2D eigenvalue weighted by atomic mass is 16.5. The molecule has 0 atom stereocenters. The fraction of sp³-hybridized carbons (Fsp3) is 0.300. The van der Waals surface area contributed by atoms with E-state index in [-0.39, 0.29) is 0 Å². The molecule has 0 aliphatic rings. The van der Waals surface area contributed by atoms with Crippen molar-refractivity contribution in [1.82, 2.24) is 0 Å². The first kappa shape index (κ1) is 11.1. The molecule has 0 saturated heterocycles. The van der Waals surface area contributed by atoms with E-state index in [0.29, 0.717) is 30.9 Å². The predicted octanol–water partition coefficient (Wildman–Crippen LogP) is 2.58. The monoisotopic (exact) mass is 205 g/mol. The lowest BCUT2D eigenvalue weighted by atomic mass is 10.2. The highest BCUT2D eigenvalue weighted by Crippen LogP contribution is 2.15. The molecule has 0 aliphatic heterocycles. The van der Waals surface area contributed by atoms with Crippen molar-refractivity contribution in [1.29, 1.82) is 0 Å². The molecule has 15 heavy (non-hydrogen) atoms. The minimum atomic E-state index is 0.403. The van der Waals surface area contributed by atoms with Crippen LogP contribution in [0.4, 0.5) is 0 Å². The van der Waals surface area contributed by atoms with Gasteiger partial charge in [0.15, 0.2) is 6.29 Å². The molecule has 0 radical (unpaired) electrons. The summed E-state index contributed by atoms with van der Waals surface area (Å²) in [7, 11) is 0. The maximum absolute atomic E-state index is 10.6. The third-order valence-corrected chi connectivity index (χ3v) is 1.77. The van der Waals surface area contributed by atoms with E-state index in [1.165, 1.54) is 0 Å². The molecule has 5 nitrogen and oxygen atoms in total. The van der Waals surface area contributed by atoms with Gasteiger partial charge in [-0.05, 0) is 24.1 Å². The highest BCUT2D eigenvalue weighted by Gasteiger charge is 1.99. The van der Waals surface area contributed by atoms with Crippen LogP contribution in [0.5, 0.6) is 5.75 Å². The molecule has 0 spiro atoms. The second kappa shape index (κ2) is 6.45. The van der Waals surface area contributed by atoms with Gasteiger partial charge in [0.2, 0.25) is 0 Å². The lowest BCUT2D eigenvalue weighted by Crippen LogP contribution is -2.00. The first-order chi connectivity index (χ1) is 7.38. The van der Waals surface area contributed by atoms with Gasteiger partial charge in [0.1, 0.15) is 5.75 Å². The van der Waals surface area contributed by atoms with Crippen LogP contribution in [0.3, 0.4) is 0 Å². The number of azide groups is 1. The smallest absolute Gasteiger partial charge is 0.153 e. The summed E-state index contributed by atoms with van der Waals surface area (Å²) in [6.45, 7) is 0.837. The lowest BCUT2D eigenvalue weighted by molar-refractivity contribution is 0.111. The number of aldehydes is 1. The summed E-state index contributed by atoms with van der Waals surface area (Å²) in [5.41, 5.74) is 8.56. The van der Waals surface area contributed by atoms with E-state index >= 15 is 0 Å². The standard InChI is InChI=1S/C10H11N3O2/c11-13-12-6-3-7-15-10-5-2-1-4-9(10)8-14/h1-2,4-5,8H,3,6-7H2. The molecule has 0 N–H and O–H groups in total. The van der Waals surface area contributed by atoms with Gasteiger partial charge in [-0.1, -0.05) is 17.2 Å². The van der Waals surface area contributed by atoms with Gasteiger partial charge >= 0.3 is 0 Å². The molecule has 0 amide bonds. The third-order valence-electron chi connectivity index (χ3n) is 1.77. The van der Waals surface area contributed by atoms with Gasteiger partial charge in [-0.3, -0.25) is 4.79 Å². The highest BCUT2D eigenvalue weighted by molar-refractivity contribution is 5.79. The number of rotatable bonds is 6. The zero-order chi connectivity index (χ0) is 10.9. The molecule has 0 unspecified atom stereocenters. The Morgan fingerprint density at radius 3 is 3.00 bits per heavy atom. The molecule has 1 rings (SSSR count). The Morgan fingerprint density at radius 1 is 1.47 bits per heavy atom. The van der Waals surface area contributed by atoms with Crippen LogP contribution < -0.4 is 4.74 Å². The van der Waals surface area contributed by atoms with Crippen molar-refractivity contribution in [3.63, 3.8) is 0 Å². The van der Waals surface area contributed by atoms with Crippen LogP contribution in [0.1, 0.15) is 16.8 Å². The minimum Gasteiger partial charge on any atom is -0.493 e. The Morgan fingerprint density at radius 2 is 2.27 bits per heavy atom. The summed E-state index contributed by atoms with van der Waals surface area (Å²) in [5, 5.41) is 3.38. The summed E-state index contributed by atoms with van der Waals surface area (Å²) in [6.07, 6.45) is 1.39. The fourth-order valence-electron chi connectivity index (χ4n) is 1.07. The van der Waals surface area contributed by atoms with E-state index in [0.717, 1.165) is 6.29 Å². The zero-order valence-electron chi connectivity index (χ0n) is 8.17. The predicted molar refractivity (Wildman–Crippen MR) is 56.0 cm³/mol. The number of carbonyl (C=O) groups is 1. The number of benzene rings is 1. The van der Waals surface area contributed by atoms with Crippen molar-refractivity contribution in [3.8, 4) is 5.75 Å². The van der Waals surface area contributed by atoms with Gasteiger partial charge in [-0.2, -0.15) is 0 Å². The van der Waals surface area contributed by atoms with Crippen LogP contribution in [0, 0.1) is 0 Å². The Bertz CT molecular complexity index is 373. The summed E-state index contributed by atoms with van der Waals surface area (Å²) < 4.78 is 5.36. The molecular weight excluding hydrogens is 194 g/mol. The average molecular weight is 205 g/mol. The topological polar surface area (TPSA) is 75.1 Å². The molecule has 0 aromatic heterocycles. The van der Waals surface area contributed by atoms with Crippen molar-refractivity contribution >= 4 is 6.29 Å². The van der Waals surface area contributed by atoms with Crippen molar-refractivity contribution in [2.24, 2.45) is 5.11 Å². The number of para-hydroxylation sites is 1. The lowest BCUT2D eigenvalue weighted by Gasteiger charge is -2.06. The van der Waals surface area contributed by atoms with Crippen LogP contribution in [0.15, 0.2) is 29.4 Å². The molecule has 0 bridgehead atoms. The molecule has 0 saturated carbocycles. The van der Waals surface area contributed by atoms with E-state index in [4.69, 9.17) is 10.3 Å². The number of carbonyl (C=O) groups excluding carboxylic acids is 1. The largest absolute Gasteiger partial charge is 0.493 e. The van der Waals surface area contributed by atoms with Crippen molar-refractivity contribution in [2.45, 2.75) is 6.42 Å². The van der Waals surface area contributed by atoms with Crippen molar-refractivity contribution in [2.75, 3.05) is 13.2 Å². The summed E-state index contributed by atoms with van der Waals surface area (Å²) in [6, 6.07) is 7.00. The number of ether oxygens (including phenoxy) is 1. The van der Waals surface area contributed by atoms with Crippen LogP contribution in [-0.2, 0) is 0 Å². The molecule has 0 aliphatic carbocycles. The van der Waals surface area contributed by atoms with Gasteiger partial charge in [-0.25, -0.2) is 0 Å². The van der Waals surface area contributed by atoms with Crippen LogP contribution >= 0.6 is 0 Å². The molecule has 0 fully saturated rings. The maximum atomic E-state index is 10.6. The van der Waals surface area contributed by atoms with Gasteiger partial charge in [0.25, 0.3) is 0 Å². The fourth-order valence-corrected chi connectivity index (χ4v) is 1.07. The van der Waals surface area contributed by atoms with Gasteiger partial charge < -0.3 is 4.74 Å². The average Bonchev–Trinajstić information content (AvgIpc) is 2.29. The van der Waals surface area contributed by atoms with Gasteiger partial charge in [-0.15, -0.1) is 0 Å². The molecular formula is C10H11N3O2. The Hall–Kier alpha value is -2.00. The van der Waals surface area contributed by atoms with Crippen LogP contribution in [0.25, 0.3) is 10.4 Å². The second-order valence-corrected chi connectivity index (χ2v) is 2.81. The number of hydrogen-bond donors (Lipinski definition) is 0. The summed E-state index contributed by atoms with van der Waals surface area (Å²) in [5.74, 6) is 0.563. The summed E-state index contributed by atoms with van der Waals surface area (Å²) >= 11 is 0. The normalized spacial score (nSPS) is 9.07. The van der Waals surface area contributed by atoms with Gasteiger partial charge in [0, 0.05) is 11.5 Å². The second-order valence-electron chi connectivity index (χ2n) is 2.81. The Labute approximate surface area is 87.3 Å². The van der Waals surface area contributed by atoms with Gasteiger partial charge in [0.05, 0.1) is 12.2 Å². The first-order valence-corrected chi connectivity index (χ1v) is 4.56. The van der Waals surface area contributed by atoms with E-state index in [2.05, 4.69) is 10.0 Å². The van der Waals surface area contributed by atoms with Crippen LogP contribution in [0.2, 0.25) is 0 Å². The van der Waals surface area contributed by atoms with Crippen molar-refractivity contribution < 1.29 is 9.53 Å².